The quantitative estimate of drug-likeness (QED) is 0.579. The average molecular weight is 444 g/mol. The zero-order chi connectivity index (χ0) is 22.9. The minimum atomic E-state index is -0.644. The maximum absolute atomic E-state index is 13.4. The van der Waals surface area contributed by atoms with Crippen LogP contribution < -0.4 is 5.32 Å². The van der Waals surface area contributed by atoms with Crippen LogP contribution in [0.15, 0.2) is 89.6 Å². The number of carbonyl (C=O) groups is 2. The van der Waals surface area contributed by atoms with E-state index in [0.29, 0.717) is 19.5 Å². The number of piperazine rings is 1. The van der Waals surface area contributed by atoms with Crippen LogP contribution in [0.5, 0.6) is 0 Å². The molecular formula is C27H29N3O3. The molecule has 0 radical (unpaired) electrons. The van der Waals surface area contributed by atoms with Crippen LogP contribution in [0, 0.1) is 0 Å². The second-order valence-electron chi connectivity index (χ2n) is 8.13. The fourth-order valence-electron chi connectivity index (χ4n) is 3.96. The van der Waals surface area contributed by atoms with Crippen LogP contribution in [-0.2, 0) is 11.2 Å². The Morgan fingerprint density at radius 3 is 2.27 bits per heavy atom. The maximum Gasteiger partial charge on any atom is 0.287 e. The van der Waals surface area contributed by atoms with Gasteiger partial charge in [-0.3, -0.25) is 14.5 Å². The first kappa shape index (κ1) is 22.6. The standard InChI is InChI=1S/C27H29N3O3/c31-26(25-14-8-20-33-25)28-24(21-23-11-5-2-6-12-23)27(32)30-18-16-29(17-19-30)15-7-13-22-9-3-1-4-10-22/h1-14,20,24H,15-19,21H2,(H,28,31)/t24-/m0/s1. The van der Waals surface area contributed by atoms with Crippen molar-refractivity contribution in [2.24, 2.45) is 0 Å². The van der Waals surface area contributed by atoms with Crippen LogP contribution in [0.2, 0.25) is 0 Å². The molecular weight excluding hydrogens is 414 g/mol. The van der Waals surface area contributed by atoms with E-state index in [-0.39, 0.29) is 17.6 Å². The molecule has 33 heavy (non-hydrogen) atoms. The zero-order valence-corrected chi connectivity index (χ0v) is 18.6. The van der Waals surface area contributed by atoms with Crippen molar-refractivity contribution in [1.82, 2.24) is 15.1 Å². The van der Waals surface area contributed by atoms with Crippen LogP contribution in [0.4, 0.5) is 0 Å². The summed E-state index contributed by atoms with van der Waals surface area (Å²) in [5, 5.41) is 2.88. The summed E-state index contributed by atoms with van der Waals surface area (Å²) in [6, 6.07) is 22.6. The summed E-state index contributed by atoms with van der Waals surface area (Å²) in [6.45, 7) is 3.73. The number of amides is 2. The summed E-state index contributed by atoms with van der Waals surface area (Å²) in [5.74, 6) is -0.229. The number of furan rings is 1. The Morgan fingerprint density at radius 2 is 1.61 bits per heavy atom. The van der Waals surface area contributed by atoms with E-state index in [1.54, 1.807) is 12.1 Å². The highest BCUT2D eigenvalue weighted by Crippen LogP contribution is 2.11. The first-order valence-electron chi connectivity index (χ1n) is 11.3. The van der Waals surface area contributed by atoms with Crippen molar-refractivity contribution in [1.29, 1.82) is 0 Å². The van der Waals surface area contributed by atoms with Gasteiger partial charge in [0.2, 0.25) is 5.91 Å². The second kappa shape index (κ2) is 11.3. The third-order valence-electron chi connectivity index (χ3n) is 5.79. The van der Waals surface area contributed by atoms with Gasteiger partial charge in [0, 0.05) is 39.1 Å². The summed E-state index contributed by atoms with van der Waals surface area (Å²) in [6.07, 6.45) is 6.17. The fraction of sp³-hybridized carbons (Fsp3) is 0.259. The largest absolute Gasteiger partial charge is 0.459 e. The topological polar surface area (TPSA) is 65.8 Å². The number of hydrogen-bond acceptors (Lipinski definition) is 4. The van der Waals surface area contributed by atoms with Crippen molar-refractivity contribution < 1.29 is 14.0 Å². The van der Waals surface area contributed by atoms with E-state index in [9.17, 15) is 9.59 Å². The molecule has 6 nitrogen and oxygen atoms in total. The fourth-order valence-corrected chi connectivity index (χ4v) is 3.96. The molecule has 3 aromatic rings. The third-order valence-corrected chi connectivity index (χ3v) is 5.79. The molecule has 0 unspecified atom stereocenters. The molecule has 4 rings (SSSR count). The number of hydrogen-bond donors (Lipinski definition) is 1. The molecule has 1 N–H and O–H groups in total. The highest BCUT2D eigenvalue weighted by molar-refractivity contribution is 5.95. The summed E-state index contributed by atoms with van der Waals surface area (Å²) < 4.78 is 5.21. The average Bonchev–Trinajstić information content (AvgIpc) is 3.40. The molecule has 2 heterocycles. The Hall–Kier alpha value is -3.64. The third kappa shape index (κ3) is 6.43. The van der Waals surface area contributed by atoms with Gasteiger partial charge in [-0.25, -0.2) is 0 Å². The van der Waals surface area contributed by atoms with Crippen LogP contribution in [0.3, 0.4) is 0 Å². The molecule has 6 heteroatoms. The molecule has 0 saturated carbocycles. The minimum Gasteiger partial charge on any atom is -0.459 e. The molecule has 0 aliphatic carbocycles. The maximum atomic E-state index is 13.4. The highest BCUT2D eigenvalue weighted by atomic mass is 16.3. The lowest BCUT2D eigenvalue weighted by molar-refractivity contribution is -0.134. The molecule has 1 aliphatic heterocycles. The molecule has 1 atom stereocenters. The van der Waals surface area contributed by atoms with E-state index in [1.165, 1.54) is 11.8 Å². The molecule has 0 spiro atoms. The Balaban J connectivity index is 1.34. The van der Waals surface area contributed by atoms with E-state index in [2.05, 4.69) is 34.5 Å². The predicted molar refractivity (Wildman–Crippen MR) is 129 cm³/mol. The Kier molecular flexibility index (Phi) is 7.72. The number of rotatable bonds is 8. The van der Waals surface area contributed by atoms with E-state index in [1.807, 2.05) is 53.4 Å². The van der Waals surface area contributed by atoms with Crippen molar-refractivity contribution in [3.63, 3.8) is 0 Å². The lowest BCUT2D eigenvalue weighted by Crippen LogP contribution is -2.55. The van der Waals surface area contributed by atoms with Crippen molar-refractivity contribution in [2.75, 3.05) is 32.7 Å². The predicted octanol–water partition coefficient (Wildman–Crippen LogP) is 3.48. The molecule has 0 bridgehead atoms. The molecule has 1 aliphatic rings. The van der Waals surface area contributed by atoms with Crippen molar-refractivity contribution in [3.8, 4) is 0 Å². The normalized spacial score (nSPS) is 15.5. The van der Waals surface area contributed by atoms with E-state index < -0.39 is 6.04 Å². The van der Waals surface area contributed by atoms with Crippen LogP contribution in [-0.4, -0.2) is 60.4 Å². The van der Waals surface area contributed by atoms with Gasteiger partial charge in [0.15, 0.2) is 5.76 Å². The van der Waals surface area contributed by atoms with Gasteiger partial charge in [0.25, 0.3) is 5.91 Å². The monoisotopic (exact) mass is 443 g/mol. The van der Waals surface area contributed by atoms with E-state index in [4.69, 9.17) is 4.42 Å². The smallest absolute Gasteiger partial charge is 0.287 e. The minimum absolute atomic E-state index is 0.0572. The van der Waals surface area contributed by atoms with Crippen LogP contribution in [0.1, 0.15) is 21.7 Å². The van der Waals surface area contributed by atoms with Crippen LogP contribution >= 0.6 is 0 Å². The summed E-state index contributed by atoms with van der Waals surface area (Å²) in [4.78, 5) is 30.1. The van der Waals surface area contributed by atoms with Gasteiger partial charge in [-0.15, -0.1) is 0 Å². The van der Waals surface area contributed by atoms with Crippen LogP contribution in [0.25, 0.3) is 6.08 Å². The van der Waals surface area contributed by atoms with E-state index in [0.717, 1.165) is 25.2 Å². The Morgan fingerprint density at radius 1 is 0.909 bits per heavy atom. The molecule has 2 aromatic carbocycles. The molecule has 2 amide bonds. The number of carbonyl (C=O) groups excluding carboxylic acids is 2. The summed E-state index contributed by atoms with van der Waals surface area (Å²) >= 11 is 0. The number of nitrogens with one attached hydrogen (secondary N) is 1. The van der Waals surface area contributed by atoms with Gasteiger partial charge in [-0.1, -0.05) is 72.8 Å². The van der Waals surface area contributed by atoms with Crippen molar-refractivity contribution in [3.05, 3.63) is 102 Å². The number of nitrogens with zero attached hydrogens (tertiary/aromatic N) is 2. The summed E-state index contributed by atoms with van der Waals surface area (Å²) in [5.41, 5.74) is 2.18. The Labute approximate surface area is 194 Å². The SMILES string of the molecule is O=C(N[C@@H](Cc1ccccc1)C(=O)N1CCN(CC=Cc2ccccc2)CC1)c1ccco1. The van der Waals surface area contributed by atoms with Gasteiger partial charge < -0.3 is 14.6 Å². The van der Waals surface area contributed by atoms with Gasteiger partial charge >= 0.3 is 0 Å². The summed E-state index contributed by atoms with van der Waals surface area (Å²) in [7, 11) is 0. The molecule has 170 valence electrons. The zero-order valence-electron chi connectivity index (χ0n) is 18.6. The van der Waals surface area contributed by atoms with Crippen molar-refractivity contribution in [2.45, 2.75) is 12.5 Å². The highest BCUT2D eigenvalue weighted by Gasteiger charge is 2.29. The molecule has 1 fully saturated rings. The lowest BCUT2D eigenvalue weighted by Gasteiger charge is -2.36. The van der Waals surface area contributed by atoms with Gasteiger partial charge in [0.1, 0.15) is 6.04 Å². The lowest BCUT2D eigenvalue weighted by atomic mass is 10.0. The van der Waals surface area contributed by atoms with Crippen molar-refractivity contribution >= 4 is 17.9 Å². The Bertz CT molecular complexity index is 1040. The first-order valence-corrected chi connectivity index (χ1v) is 11.3. The molecule has 1 aromatic heterocycles. The van der Waals surface area contributed by atoms with Gasteiger partial charge in [0.05, 0.1) is 6.26 Å². The van der Waals surface area contributed by atoms with Gasteiger partial charge in [-0.05, 0) is 23.3 Å². The first-order chi connectivity index (χ1) is 16.2. The van der Waals surface area contributed by atoms with E-state index >= 15 is 0 Å². The van der Waals surface area contributed by atoms with Gasteiger partial charge in [-0.2, -0.15) is 0 Å². The number of benzene rings is 2. The molecule has 1 saturated heterocycles. The second-order valence-corrected chi connectivity index (χ2v) is 8.13.